The van der Waals surface area contributed by atoms with E-state index in [9.17, 15) is 0 Å². The number of rotatable bonds is 3. The molecule has 0 unspecified atom stereocenters. The Bertz CT molecular complexity index is 517. The number of benzene rings is 1. The molecule has 0 aliphatic carbocycles. The fourth-order valence-electron chi connectivity index (χ4n) is 1.69. The molecule has 0 N–H and O–H groups in total. The number of aromatic nitrogens is 1. The molecule has 0 bridgehead atoms. The number of ether oxygens (including phenoxy) is 1. The van der Waals surface area contributed by atoms with Gasteiger partial charge in [-0.05, 0) is 30.2 Å². The van der Waals surface area contributed by atoms with E-state index in [2.05, 4.69) is 30.1 Å². The van der Waals surface area contributed by atoms with Crippen LogP contribution in [-0.2, 0) is 0 Å². The molecular formula is C14H15NO. The zero-order chi connectivity index (χ0) is 11.4. The smallest absolute Gasteiger partial charge is 0.145 e. The molecule has 0 radical (unpaired) electrons. The molecule has 0 fully saturated rings. The van der Waals surface area contributed by atoms with Crippen molar-refractivity contribution in [3.63, 3.8) is 0 Å². The molecule has 1 aromatic heterocycles. The van der Waals surface area contributed by atoms with Gasteiger partial charge in [-0.1, -0.05) is 25.1 Å². The Hall–Kier alpha value is -1.83. The predicted molar refractivity (Wildman–Crippen MR) is 67.6 cm³/mol. The number of hydrogen-bond acceptors (Lipinski definition) is 2. The second-order valence-electron chi connectivity index (χ2n) is 3.61. The quantitative estimate of drug-likeness (QED) is 0.776. The Balaban J connectivity index is 2.58. The van der Waals surface area contributed by atoms with Gasteiger partial charge in [-0.25, -0.2) is 0 Å². The Labute approximate surface area is 95.6 Å². The lowest BCUT2D eigenvalue weighted by atomic mass is 10.1. The molecule has 0 spiro atoms. The van der Waals surface area contributed by atoms with Crippen LogP contribution in [0, 0.1) is 0 Å². The monoisotopic (exact) mass is 213 g/mol. The minimum absolute atomic E-state index is 0.828. The molecule has 0 atom stereocenters. The molecule has 1 heterocycles. The number of nitrogens with zero attached hydrogens (tertiary/aromatic N) is 1. The molecule has 0 saturated heterocycles. The summed E-state index contributed by atoms with van der Waals surface area (Å²) in [6, 6.07) is 8.13. The highest BCUT2D eigenvalue weighted by Crippen LogP contribution is 2.25. The fourth-order valence-corrected chi connectivity index (χ4v) is 1.69. The van der Waals surface area contributed by atoms with Crippen molar-refractivity contribution in [3.05, 3.63) is 42.1 Å². The Kier molecular flexibility index (Phi) is 3.20. The van der Waals surface area contributed by atoms with Gasteiger partial charge in [0.1, 0.15) is 11.3 Å². The normalized spacial score (nSPS) is 11.1. The van der Waals surface area contributed by atoms with Gasteiger partial charge in [-0.3, -0.25) is 4.98 Å². The van der Waals surface area contributed by atoms with E-state index in [0.29, 0.717) is 0 Å². The average Bonchev–Trinajstić information content (AvgIpc) is 2.35. The van der Waals surface area contributed by atoms with E-state index in [-0.39, 0.29) is 0 Å². The van der Waals surface area contributed by atoms with Crippen molar-refractivity contribution in [1.82, 2.24) is 4.98 Å². The summed E-state index contributed by atoms with van der Waals surface area (Å²) in [4.78, 5) is 4.32. The molecule has 1 aromatic carbocycles. The zero-order valence-corrected chi connectivity index (χ0v) is 9.60. The lowest BCUT2D eigenvalue weighted by molar-refractivity contribution is 0.419. The number of methoxy groups -OCH3 is 1. The van der Waals surface area contributed by atoms with E-state index in [4.69, 9.17) is 4.74 Å². The number of fused-ring (bicyclic) bond motifs is 1. The molecule has 0 aliphatic heterocycles. The fraction of sp³-hybridized carbons (Fsp3) is 0.214. The van der Waals surface area contributed by atoms with Crippen LogP contribution < -0.4 is 4.74 Å². The second kappa shape index (κ2) is 4.79. The first-order valence-corrected chi connectivity index (χ1v) is 5.44. The predicted octanol–water partition coefficient (Wildman–Crippen LogP) is 3.67. The van der Waals surface area contributed by atoms with E-state index >= 15 is 0 Å². The molecule has 2 rings (SSSR count). The van der Waals surface area contributed by atoms with E-state index in [1.807, 2.05) is 18.2 Å². The molecule has 0 aliphatic rings. The van der Waals surface area contributed by atoms with Crippen molar-refractivity contribution in [3.8, 4) is 5.75 Å². The number of hydrogen-bond donors (Lipinski definition) is 0. The van der Waals surface area contributed by atoms with Crippen molar-refractivity contribution in [2.45, 2.75) is 13.3 Å². The first-order valence-electron chi connectivity index (χ1n) is 5.44. The Morgan fingerprint density at radius 2 is 2.25 bits per heavy atom. The Morgan fingerprint density at radius 1 is 1.38 bits per heavy atom. The summed E-state index contributed by atoms with van der Waals surface area (Å²) < 4.78 is 5.35. The largest absolute Gasteiger partial charge is 0.494 e. The molecule has 82 valence electrons. The second-order valence-corrected chi connectivity index (χ2v) is 3.61. The van der Waals surface area contributed by atoms with E-state index < -0.39 is 0 Å². The lowest BCUT2D eigenvalue weighted by Gasteiger charge is -2.05. The average molecular weight is 213 g/mol. The lowest BCUT2D eigenvalue weighted by Crippen LogP contribution is -1.88. The highest BCUT2D eigenvalue weighted by Gasteiger charge is 2.03. The van der Waals surface area contributed by atoms with Crippen LogP contribution in [0.15, 0.2) is 36.5 Å². The maximum Gasteiger partial charge on any atom is 0.145 e. The molecule has 2 heteroatoms. The first kappa shape index (κ1) is 10.7. The van der Waals surface area contributed by atoms with Gasteiger partial charge in [0, 0.05) is 11.6 Å². The van der Waals surface area contributed by atoms with Gasteiger partial charge in [0.2, 0.25) is 0 Å². The van der Waals surface area contributed by atoms with Crippen LogP contribution in [0.4, 0.5) is 0 Å². The van der Waals surface area contributed by atoms with E-state index in [1.54, 1.807) is 13.3 Å². The molecule has 0 amide bonds. The number of pyridine rings is 1. The van der Waals surface area contributed by atoms with Crippen LogP contribution in [0.25, 0.3) is 17.0 Å². The summed E-state index contributed by atoms with van der Waals surface area (Å²) in [6.07, 6.45) is 7.06. The third-order valence-electron chi connectivity index (χ3n) is 2.46. The van der Waals surface area contributed by atoms with Gasteiger partial charge in [0.05, 0.1) is 7.11 Å². The summed E-state index contributed by atoms with van der Waals surface area (Å²) in [5.41, 5.74) is 2.07. The van der Waals surface area contributed by atoms with Crippen LogP contribution in [0.3, 0.4) is 0 Å². The van der Waals surface area contributed by atoms with Crippen LogP contribution in [0.1, 0.15) is 18.9 Å². The van der Waals surface area contributed by atoms with Crippen molar-refractivity contribution in [1.29, 1.82) is 0 Å². The third-order valence-corrected chi connectivity index (χ3v) is 2.46. The molecule has 2 aromatic rings. The third kappa shape index (κ3) is 2.06. The highest BCUT2D eigenvalue weighted by molar-refractivity contribution is 5.86. The summed E-state index contributed by atoms with van der Waals surface area (Å²) >= 11 is 0. The van der Waals surface area contributed by atoms with Crippen molar-refractivity contribution in [2.24, 2.45) is 0 Å². The Morgan fingerprint density at radius 3 is 3.00 bits per heavy atom. The van der Waals surface area contributed by atoms with Crippen LogP contribution >= 0.6 is 0 Å². The van der Waals surface area contributed by atoms with E-state index in [0.717, 1.165) is 28.6 Å². The maximum atomic E-state index is 5.35. The van der Waals surface area contributed by atoms with Crippen LogP contribution in [-0.4, -0.2) is 12.1 Å². The standard InChI is InChI=1S/C14H15NO/c1-3-4-6-11-9-12-7-5-8-15-14(12)13(10-11)16-2/h4-10H,3H2,1-2H3/b6-4+. The molecular weight excluding hydrogens is 198 g/mol. The summed E-state index contributed by atoms with van der Waals surface area (Å²) in [6.45, 7) is 2.12. The van der Waals surface area contributed by atoms with E-state index in [1.165, 1.54) is 0 Å². The topological polar surface area (TPSA) is 22.1 Å². The highest BCUT2D eigenvalue weighted by atomic mass is 16.5. The first-order chi connectivity index (χ1) is 7.85. The van der Waals surface area contributed by atoms with Gasteiger partial charge in [-0.15, -0.1) is 0 Å². The minimum atomic E-state index is 0.828. The molecule has 0 saturated carbocycles. The van der Waals surface area contributed by atoms with Crippen molar-refractivity contribution < 1.29 is 4.74 Å². The van der Waals surface area contributed by atoms with Gasteiger partial charge < -0.3 is 4.74 Å². The van der Waals surface area contributed by atoms with Crippen LogP contribution in [0.5, 0.6) is 5.75 Å². The summed E-state index contributed by atoms with van der Waals surface area (Å²) in [5, 5.41) is 1.11. The van der Waals surface area contributed by atoms with Crippen molar-refractivity contribution >= 4 is 17.0 Å². The minimum Gasteiger partial charge on any atom is -0.494 e. The van der Waals surface area contributed by atoms with Gasteiger partial charge in [0.25, 0.3) is 0 Å². The SMILES string of the molecule is CC/C=C/c1cc(OC)c2ncccc2c1. The van der Waals surface area contributed by atoms with Gasteiger partial charge in [0.15, 0.2) is 0 Å². The summed E-state index contributed by atoms with van der Waals surface area (Å²) in [7, 11) is 1.68. The molecule has 16 heavy (non-hydrogen) atoms. The maximum absolute atomic E-state index is 5.35. The molecule has 2 nitrogen and oxygen atoms in total. The van der Waals surface area contributed by atoms with Gasteiger partial charge >= 0.3 is 0 Å². The summed E-state index contributed by atoms with van der Waals surface area (Å²) in [5.74, 6) is 0.828. The van der Waals surface area contributed by atoms with Crippen LogP contribution in [0.2, 0.25) is 0 Å². The zero-order valence-electron chi connectivity index (χ0n) is 9.60. The van der Waals surface area contributed by atoms with Gasteiger partial charge in [-0.2, -0.15) is 0 Å². The number of allylic oxidation sites excluding steroid dienone is 1. The van der Waals surface area contributed by atoms with Crippen molar-refractivity contribution in [2.75, 3.05) is 7.11 Å².